The summed E-state index contributed by atoms with van der Waals surface area (Å²) < 4.78 is 18.6. The SMILES string of the molecule is CC1(C)COC([B-](C2=NC(C)(C)CO2)(C2=NC(C)(C)CO2)c2ccccc2)=N1.[Tl+]. The average molecular weight is 587 g/mol. The van der Waals surface area contributed by atoms with Crippen LogP contribution in [0.25, 0.3) is 0 Å². The molecule has 0 fully saturated rings. The maximum absolute atomic E-state index is 6.21. The van der Waals surface area contributed by atoms with E-state index in [2.05, 4.69) is 53.7 Å². The standard InChI is InChI=1S/C21H29BN3O3.Tl/c1-19(2)12-26-16(23-19)22(15-10-8-7-9-11-15,17-24-20(3,4)13-27-17)18-25-21(5,6)14-28-18;/h7-11H,12-14H2,1-6H3;/q-1;+1. The summed E-state index contributed by atoms with van der Waals surface area (Å²) in [7, 11) is 0. The predicted octanol–water partition coefficient (Wildman–Crippen LogP) is 2.20. The van der Waals surface area contributed by atoms with Crippen molar-refractivity contribution >= 4 is 56.3 Å². The molecule has 1 aromatic rings. The second kappa shape index (κ2) is 7.39. The first-order chi connectivity index (χ1) is 13.0. The molecule has 0 saturated heterocycles. The molecule has 0 unspecified atom stereocenters. The maximum Gasteiger partial charge on any atom is 1.00 e. The fourth-order valence-electron chi connectivity index (χ4n) is 3.99. The number of rotatable bonds is 4. The van der Waals surface area contributed by atoms with Crippen LogP contribution in [0.1, 0.15) is 41.5 Å². The Hall–Kier alpha value is -1.38. The first kappa shape index (κ1) is 22.3. The zero-order valence-electron chi connectivity index (χ0n) is 18.2. The third kappa shape index (κ3) is 3.99. The van der Waals surface area contributed by atoms with Crippen LogP contribution >= 0.6 is 0 Å². The number of hydrogen-bond acceptors (Lipinski definition) is 6. The van der Waals surface area contributed by atoms with Crippen molar-refractivity contribution < 1.29 is 14.2 Å². The van der Waals surface area contributed by atoms with Crippen molar-refractivity contribution in [2.75, 3.05) is 19.8 Å². The molecule has 8 heteroatoms. The second-order valence-corrected chi connectivity index (χ2v) is 9.93. The zero-order valence-corrected chi connectivity index (χ0v) is 22.7. The van der Waals surface area contributed by atoms with Crippen LogP contribution in [-0.4, -0.2) is 87.3 Å². The second-order valence-electron chi connectivity index (χ2n) is 9.93. The van der Waals surface area contributed by atoms with Gasteiger partial charge in [-0.3, -0.25) is 15.0 Å². The van der Waals surface area contributed by atoms with Crippen LogP contribution in [0.2, 0.25) is 0 Å². The minimum atomic E-state index is -1.93. The van der Waals surface area contributed by atoms with E-state index < -0.39 is 6.15 Å². The summed E-state index contributed by atoms with van der Waals surface area (Å²) in [6, 6.07) is 10.1. The fourth-order valence-corrected chi connectivity index (χ4v) is 3.99. The van der Waals surface area contributed by atoms with Crippen molar-refractivity contribution in [3.8, 4) is 0 Å². The molecule has 0 atom stereocenters. The topological polar surface area (TPSA) is 64.8 Å². The minimum Gasteiger partial charge on any atom is -0.517 e. The van der Waals surface area contributed by atoms with Crippen LogP contribution in [-0.2, 0) is 14.2 Å². The number of hydrogen-bond donors (Lipinski definition) is 0. The molecule has 0 bridgehead atoms. The van der Waals surface area contributed by atoms with E-state index in [1.54, 1.807) is 0 Å². The van der Waals surface area contributed by atoms with E-state index in [9.17, 15) is 0 Å². The monoisotopic (exact) mass is 587 g/mol. The van der Waals surface area contributed by atoms with Gasteiger partial charge in [-0.05, 0) is 41.5 Å². The summed E-state index contributed by atoms with van der Waals surface area (Å²) in [6.07, 6.45) is -1.93. The van der Waals surface area contributed by atoms with Gasteiger partial charge in [0.15, 0.2) is 0 Å². The fraction of sp³-hybridized carbons (Fsp3) is 0.571. The summed E-state index contributed by atoms with van der Waals surface area (Å²) in [5.74, 6) is 1.80. The van der Waals surface area contributed by atoms with E-state index in [4.69, 9.17) is 29.2 Å². The molecule has 0 radical (unpaired) electrons. The molecule has 0 aliphatic carbocycles. The van der Waals surface area contributed by atoms with Gasteiger partial charge >= 0.3 is 27.3 Å². The Kier molecular flexibility index (Phi) is 5.68. The van der Waals surface area contributed by atoms with Gasteiger partial charge in [0.05, 0.1) is 16.6 Å². The number of aliphatic imine (C=N–C) groups is 3. The van der Waals surface area contributed by atoms with Gasteiger partial charge in [0.2, 0.25) is 0 Å². The smallest absolute Gasteiger partial charge is 0.517 e. The third-order valence-electron chi connectivity index (χ3n) is 5.37. The van der Waals surface area contributed by atoms with Crippen LogP contribution in [0.4, 0.5) is 0 Å². The van der Waals surface area contributed by atoms with E-state index in [1.807, 2.05) is 18.2 Å². The van der Waals surface area contributed by atoms with Crippen molar-refractivity contribution in [3.05, 3.63) is 30.3 Å². The van der Waals surface area contributed by atoms with Crippen molar-refractivity contribution in [1.82, 2.24) is 0 Å². The van der Waals surface area contributed by atoms with Gasteiger partial charge in [-0.1, -0.05) is 30.3 Å². The van der Waals surface area contributed by atoms with E-state index in [0.717, 1.165) is 5.46 Å². The molecule has 0 N–H and O–H groups in total. The molecular formula is C21H29BN3O3Tl. The summed E-state index contributed by atoms with van der Waals surface area (Å²) in [5.41, 5.74) is 0.0355. The van der Waals surface area contributed by atoms with Crippen LogP contribution in [0.5, 0.6) is 0 Å². The van der Waals surface area contributed by atoms with Gasteiger partial charge in [-0.25, -0.2) is 0 Å². The third-order valence-corrected chi connectivity index (χ3v) is 5.37. The number of nitrogens with zero attached hydrogens (tertiary/aromatic N) is 3. The molecule has 152 valence electrons. The summed E-state index contributed by atoms with van der Waals surface area (Å²) >= 11 is 0. The van der Waals surface area contributed by atoms with Gasteiger partial charge in [-0.2, -0.15) is 5.46 Å². The largest absolute Gasteiger partial charge is 1.00 e. The van der Waals surface area contributed by atoms with Crippen LogP contribution < -0.4 is 5.46 Å². The Bertz CT molecular complexity index is 795. The molecule has 0 aromatic heterocycles. The van der Waals surface area contributed by atoms with Gasteiger partial charge < -0.3 is 14.2 Å². The first-order valence-corrected chi connectivity index (χ1v) is 9.95. The van der Waals surface area contributed by atoms with Gasteiger partial charge in [0.1, 0.15) is 19.8 Å². The quantitative estimate of drug-likeness (QED) is 0.509. The first-order valence-electron chi connectivity index (χ1n) is 9.95. The van der Waals surface area contributed by atoms with Crippen molar-refractivity contribution in [2.24, 2.45) is 15.0 Å². The molecule has 3 heterocycles. The molecule has 3 aliphatic rings. The van der Waals surface area contributed by atoms with E-state index in [0.29, 0.717) is 37.2 Å². The van der Waals surface area contributed by atoms with Crippen LogP contribution in [0.3, 0.4) is 0 Å². The van der Waals surface area contributed by atoms with E-state index >= 15 is 0 Å². The van der Waals surface area contributed by atoms with Gasteiger partial charge in [0.25, 0.3) is 6.15 Å². The van der Waals surface area contributed by atoms with E-state index in [1.165, 1.54) is 0 Å². The van der Waals surface area contributed by atoms with Crippen molar-refractivity contribution in [1.29, 1.82) is 0 Å². The summed E-state index contributed by atoms with van der Waals surface area (Å²) in [6.45, 7) is 13.9. The molecule has 0 spiro atoms. The molecule has 3 aliphatic heterocycles. The summed E-state index contributed by atoms with van der Waals surface area (Å²) in [5, 5.41) is 0. The predicted molar refractivity (Wildman–Crippen MR) is 120 cm³/mol. The Balaban J connectivity index is 0.00000240. The Morgan fingerprint density at radius 2 is 1.00 bits per heavy atom. The molecule has 0 amide bonds. The number of benzene rings is 1. The van der Waals surface area contributed by atoms with E-state index in [-0.39, 0.29) is 43.9 Å². The molecular weight excluding hydrogens is 557 g/mol. The normalized spacial score (nSPS) is 23.7. The molecule has 0 saturated carbocycles. The van der Waals surface area contributed by atoms with Crippen LogP contribution in [0.15, 0.2) is 45.3 Å². The van der Waals surface area contributed by atoms with Crippen molar-refractivity contribution in [2.45, 2.75) is 58.2 Å². The minimum absolute atomic E-state index is 0. The molecule has 4 rings (SSSR count). The average Bonchev–Trinajstić information content (AvgIpc) is 3.27. The Morgan fingerprint density at radius 1 is 0.655 bits per heavy atom. The number of ether oxygens (including phenoxy) is 3. The van der Waals surface area contributed by atoms with Crippen LogP contribution in [0, 0.1) is 0 Å². The van der Waals surface area contributed by atoms with Gasteiger partial charge in [-0.15, -0.1) is 0 Å². The molecule has 6 nitrogen and oxygen atoms in total. The molecule has 29 heavy (non-hydrogen) atoms. The van der Waals surface area contributed by atoms with Gasteiger partial charge in [0, 0.05) is 17.4 Å². The summed E-state index contributed by atoms with van der Waals surface area (Å²) in [4.78, 5) is 14.9. The maximum atomic E-state index is 6.21. The van der Waals surface area contributed by atoms with Crippen molar-refractivity contribution in [3.63, 3.8) is 0 Å². The molecule has 1 aromatic carbocycles. The zero-order chi connectivity index (χ0) is 20.2. The Morgan fingerprint density at radius 3 is 1.28 bits per heavy atom. The Labute approximate surface area is 193 Å².